The van der Waals surface area contributed by atoms with Crippen LogP contribution >= 0.6 is 0 Å². The number of carboxylic acids is 1. The quantitative estimate of drug-likeness (QED) is 0.275. The standard InChI is InChI=1S/C19H30O5/c1-4-5-6-7-8-13(2)11-14(3)18(22)16-12-15(19(23)24-16)9-10-17(20)21/h9,11,13,16,18,22H,4-8,10,12H2,1-3H3,(H,20,21)/b14-11+,15-9+. The number of cyclic esters (lactones) is 1. The monoisotopic (exact) mass is 338 g/mol. The summed E-state index contributed by atoms with van der Waals surface area (Å²) in [4.78, 5) is 22.3. The van der Waals surface area contributed by atoms with Gasteiger partial charge in [-0.05, 0) is 24.8 Å². The topological polar surface area (TPSA) is 83.8 Å². The van der Waals surface area contributed by atoms with E-state index >= 15 is 0 Å². The highest BCUT2D eigenvalue weighted by atomic mass is 16.6. The van der Waals surface area contributed by atoms with Gasteiger partial charge in [0.2, 0.25) is 0 Å². The van der Waals surface area contributed by atoms with E-state index in [1.807, 2.05) is 13.0 Å². The van der Waals surface area contributed by atoms with Crippen molar-refractivity contribution in [3.63, 3.8) is 0 Å². The SMILES string of the molecule is CCCCCCC(C)/C=C(\C)C(O)C1C/C(=C\CC(=O)O)C(=O)O1. The number of aliphatic carboxylic acids is 1. The molecule has 1 heterocycles. The zero-order chi connectivity index (χ0) is 18.1. The van der Waals surface area contributed by atoms with Crippen molar-refractivity contribution < 1.29 is 24.5 Å². The number of carbonyl (C=O) groups excluding carboxylic acids is 1. The molecule has 1 saturated heterocycles. The summed E-state index contributed by atoms with van der Waals surface area (Å²) >= 11 is 0. The molecule has 24 heavy (non-hydrogen) atoms. The molecule has 5 heteroatoms. The molecule has 0 aromatic carbocycles. The van der Waals surface area contributed by atoms with Gasteiger partial charge < -0.3 is 14.9 Å². The van der Waals surface area contributed by atoms with Crippen LogP contribution in [0.5, 0.6) is 0 Å². The molecule has 0 saturated carbocycles. The van der Waals surface area contributed by atoms with E-state index in [1.54, 1.807) is 0 Å². The fourth-order valence-corrected chi connectivity index (χ4v) is 2.93. The highest BCUT2D eigenvalue weighted by molar-refractivity contribution is 5.91. The molecule has 1 fully saturated rings. The molecular formula is C19H30O5. The Morgan fingerprint density at radius 1 is 1.38 bits per heavy atom. The normalized spacial score (nSPS) is 22.5. The summed E-state index contributed by atoms with van der Waals surface area (Å²) in [5.41, 5.74) is 1.14. The van der Waals surface area contributed by atoms with Crippen LogP contribution < -0.4 is 0 Å². The Hall–Kier alpha value is -1.62. The van der Waals surface area contributed by atoms with Crippen LogP contribution in [-0.4, -0.2) is 34.4 Å². The van der Waals surface area contributed by atoms with Crippen LogP contribution in [0.3, 0.4) is 0 Å². The van der Waals surface area contributed by atoms with Gasteiger partial charge in [0, 0.05) is 12.0 Å². The lowest BCUT2D eigenvalue weighted by Gasteiger charge is -2.19. The van der Waals surface area contributed by atoms with Crippen LogP contribution in [0.1, 0.15) is 65.7 Å². The Morgan fingerprint density at radius 2 is 2.08 bits per heavy atom. The molecule has 136 valence electrons. The number of carbonyl (C=O) groups is 2. The van der Waals surface area contributed by atoms with Crippen molar-refractivity contribution in [2.75, 3.05) is 0 Å². The van der Waals surface area contributed by atoms with E-state index in [0.717, 1.165) is 12.0 Å². The lowest BCUT2D eigenvalue weighted by atomic mass is 9.95. The van der Waals surface area contributed by atoms with Crippen molar-refractivity contribution in [2.24, 2.45) is 5.92 Å². The Bertz CT molecular complexity index is 492. The number of rotatable bonds is 10. The van der Waals surface area contributed by atoms with E-state index in [2.05, 4.69) is 13.8 Å². The number of aliphatic hydroxyl groups is 1. The average Bonchev–Trinajstić information content (AvgIpc) is 2.89. The molecule has 0 bridgehead atoms. The van der Waals surface area contributed by atoms with Gasteiger partial charge in [0.1, 0.15) is 12.2 Å². The number of ether oxygens (including phenoxy) is 1. The molecule has 0 amide bonds. The third kappa shape index (κ3) is 6.87. The molecule has 1 aliphatic heterocycles. The number of unbranched alkanes of at least 4 members (excludes halogenated alkanes) is 3. The summed E-state index contributed by atoms with van der Waals surface area (Å²) in [5.74, 6) is -1.15. The van der Waals surface area contributed by atoms with Crippen molar-refractivity contribution in [1.29, 1.82) is 0 Å². The van der Waals surface area contributed by atoms with Crippen LogP contribution in [0, 0.1) is 5.92 Å². The lowest BCUT2D eigenvalue weighted by Crippen LogP contribution is -2.27. The molecule has 0 spiro atoms. The van der Waals surface area contributed by atoms with Gasteiger partial charge in [0.05, 0.1) is 6.42 Å². The first-order chi connectivity index (χ1) is 11.3. The van der Waals surface area contributed by atoms with E-state index < -0.39 is 24.1 Å². The van der Waals surface area contributed by atoms with Crippen molar-refractivity contribution >= 4 is 11.9 Å². The number of hydrogen-bond donors (Lipinski definition) is 2. The van der Waals surface area contributed by atoms with Crippen molar-refractivity contribution in [3.8, 4) is 0 Å². The van der Waals surface area contributed by atoms with E-state index in [1.165, 1.54) is 31.8 Å². The first-order valence-electron chi connectivity index (χ1n) is 8.83. The maximum Gasteiger partial charge on any atom is 0.334 e. The summed E-state index contributed by atoms with van der Waals surface area (Å²) in [6.45, 7) is 6.16. The Kier molecular flexibility index (Phi) is 8.76. The largest absolute Gasteiger partial charge is 0.481 e. The molecule has 0 aromatic rings. The van der Waals surface area contributed by atoms with Gasteiger partial charge in [-0.25, -0.2) is 4.79 Å². The third-order valence-corrected chi connectivity index (χ3v) is 4.34. The molecule has 2 N–H and O–H groups in total. The van der Waals surface area contributed by atoms with Crippen molar-refractivity contribution in [3.05, 3.63) is 23.3 Å². The Morgan fingerprint density at radius 3 is 2.71 bits per heavy atom. The summed E-state index contributed by atoms with van der Waals surface area (Å²) < 4.78 is 5.19. The molecule has 3 atom stereocenters. The van der Waals surface area contributed by atoms with Crippen molar-refractivity contribution in [2.45, 2.75) is 77.9 Å². The van der Waals surface area contributed by atoms with Gasteiger partial charge in [-0.15, -0.1) is 0 Å². The van der Waals surface area contributed by atoms with Crippen LogP contribution in [0.2, 0.25) is 0 Å². The average molecular weight is 338 g/mol. The summed E-state index contributed by atoms with van der Waals surface area (Å²) in [5, 5.41) is 19.1. The minimum Gasteiger partial charge on any atom is -0.481 e. The number of aliphatic hydroxyl groups excluding tert-OH is 1. The highest BCUT2D eigenvalue weighted by Gasteiger charge is 2.34. The van der Waals surface area contributed by atoms with E-state index in [0.29, 0.717) is 11.5 Å². The van der Waals surface area contributed by atoms with Crippen LogP contribution in [0.25, 0.3) is 0 Å². The second-order valence-corrected chi connectivity index (χ2v) is 6.66. The van der Waals surface area contributed by atoms with Gasteiger partial charge in [0.25, 0.3) is 0 Å². The Labute approximate surface area is 144 Å². The number of hydrogen-bond acceptors (Lipinski definition) is 4. The maximum absolute atomic E-state index is 11.7. The fourth-order valence-electron chi connectivity index (χ4n) is 2.93. The number of carboxylic acid groups (broad SMARTS) is 1. The number of allylic oxidation sites excluding steroid dienone is 1. The van der Waals surface area contributed by atoms with E-state index in [-0.39, 0.29) is 12.8 Å². The van der Waals surface area contributed by atoms with Crippen molar-refractivity contribution in [1.82, 2.24) is 0 Å². The van der Waals surface area contributed by atoms with Gasteiger partial charge in [-0.3, -0.25) is 4.79 Å². The van der Waals surface area contributed by atoms with Crippen LogP contribution in [0.15, 0.2) is 23.3 Å². The summed E-state index contributed by atoms with van der Waals surface area (Å²) in [6, 6.07) is 0. The zero-order valence-corrected chi connectivity index (χ0v) is 15.0. The van der Waals surface area contributed by atoms with Crippen LogP contribution in [-0.2, 0) is 14.3 Å². The molecular weight excluding hydrogens is 308 g/mol. The summed E-state index contributed by atoms with van der Waals surface area (Å²) in [6.07, 6.45) is 7.94. The Balaban J connectivity index is 2.54. The smallest absolute Gasteiger partial charge is 0.334 e. The maximum atomic E-state index is 11.7. The molecule has 1 aliphatic rings. The molecule has 3 unspecified atom stereocenters. The molecule has 0 aromatic heterocycles. The number of esters is 1. The second-order valence-electron chi connectivity index (χ2n) is 6.66. The fraction of sp³-hybridized carbons (Fsp3) is 0.684. The molecule has 0 aliphatic carbocycles. The van der Waals surface area contributed by atoms with Gasteiger partial charge >= 0.3 is 11.9 Å². The van der Waals surface area contributed by atoms with E-state index in [9.17, 15) is 14.7 Å². The zero-order valence-electron chi connectivity index (χ0n) is 15.0. The van der Waals surface area contributed by atoms with Crippen LogP contribution in [0.4, 0.5) is 0 Å². The minimum atomic E-state index is -0.993. The predicted octanol–water partition coefficient (Wildman–Crippen LogP) is 3.62. The second kappa shape index (κ2) is 10.3. The van der Waals surface area contributed by atoms with Gasteiger partial charge in [-0.2, -0.15) is 0 Å². The van der Waals surface area contributed by atoms with Gasteiger partial charge in [-0.1, -0.05) is 51.7 Å². The lowest BCUT2D eigenvalue weighted by molar-refractivity contribution is -0.142. The van der Waals surface area contributed by atoms with Gasteiger partial charge in [0.15, 0.2) is 0 Å². The third-order valence-electron chi connectivity index (χ3n) is 4.34. The summed E-state index contributed by atoms with van der Waals surface area (Å²) in [7, 11) is 0. The first-order valence-corrected chi connectivity index (χ1v) is 8.83. The first kappa shape index (κ1) is 20.4. The highest BCUT2D eigenvalue weighted by Crippen LogP contribution is 2.27. The predicted molar refractivity (Wildman–Crippen MR) is 92.5 cm³/mol. The molecule has 0 radical (unpaired) electrons. The molecule has 1 rings (SSSR count). The minimum absolute atomic E-state index is 0.211. The van der Waals surface area contributed by atoms with E-state index in [4.69, 9.17) is 9.84 Å². The molecule has 5 nitrogen and oxygen atoms in total.